The van der Waals surface area contributed by atoms with Crippen molar-refractivity contribution in [1.29, 1.82) is 0 Å². The van der Waals surface area contributed by atoms with Gasteiger partial charge in [0.15, 0.2) is 0 Å². The fourth-order valence-corrected chi connectivity index (χ4v) is 2.67. The van der Waals surface area contributed by atoms with Gasteiger partial charge < -0.3 is 9.32 Å². The van der Waals surface area contributed by atoms with Gasteiger partial charge in [-0.15, -0.1) is 10.2 Å². The number of carbonyl (C=O) groups is 1. The van der Waals surface area contributed by atoms with E-state index >= 15 is 0 Å². The van der Waals surface area contributed by atoms with E-state index in [4.69, 9.17) is 27.6 Å². The smallest absolute Gasteiger partial charge is 0.254 e. The maximum Gasteiger partial charge on any atom is 0.254 e. The molecule has 0 bridgehead atoms. The van der Waals surface area contributed by atoms with Crippen molar-refractivity contribution in [2.75, 3.05) is 0 Å². The first-order chi connectivity index (χ1) is 12.4. The number of carbonyl (C=O) groups excluding carboxylic acids is 1. The summed E-state index contributed by atoms with van der Waals surface area (Å²) in [6.45, 7) is 4.09. The van der Waals surface area contributed by atoms with E-state index in [0.717, 1.165) is 5.56 Å². The number of aromatic nitrogens is 2. The minimum Gasteiger partial charge on any atom is -0.419 e. The zero-order valence-electron chi connectivity index (χ0n) is 14.3. The molecule has 5 nitrogen and oxygen atoms in total. The highest BCUT2D eigenvalue weighted by atomic mass is 35.5. The molecule has 26 heavy (non-hydrogen) atoms. The van der Waals surface area contributed by atoms with Crippen LogP contribution in [0.3, 0.4) is 0 Å². The number of benzene rings is 2. The maximum absolute atomic E-state index is 12.8. The summed E-state index contributed by atoms with van der Waals surface area (Å²) in [5.74, 6) is 0.633. The van der Waals surface area contributed by atoms with Gasteiger partial charge in [0.05, 0.1) is 6.54 Å². The largest absolute Gasteiger partial charge is 0.419 e. The lowest BCUT2D eigenvalue weighted by Gasteiger charge is -2.25. The fourth-order valence-electron chi connectivity index (χ4n) is 2.42. The molecule has 0 radical (unpaired) electrons. The van der Waals surface area contributed by atoms with Crippen LogP contribution in [0.4, 0.5) is 0 Å². The molecule has 7 heteroatoms. The summed E-state index contributed by atoms with van der Waals surface area (Å²) < 4.78 is 5.72. The van der Waals surface area contributed by atoms with Crippen molar-refractivity contribution in [3.05, 3.63) is 70.0 Å². The van der Waals surface area contributed by atoms with Crippen LogP contribution in [0.25, 0.3) is 11.5 Å². The second-order valence-corrected chi connectivity index (χ2v) is 6.91. The van der Waals surface area contributed by atoms with Crippen LogP contribution < -0.4 is 0 Å². The van der Waals surface area contributed by atoms with Gasteiger partial charge >= 0.3 is 0 Å². The summed E-state index contributed by atoms with van der Waals surface area (Å²) in [6, 6.07) is 13.9. The molecule has 0 unspecified atom stereocenters. The van der Waals surface area contributed by atoms with E-state index < -0.39 is 0 Å². The highest BCUT2D eigenvalue weighted by Gasteiger charge is 2.22. The lowest BCUT2D eigenvalue weighted by Crippen LogP contribution is -2.36. The molecule has 0 aliphatic carbocycles. The van der Waals surface area contributed by atoms with Gasteiger partial charge in [0.2, 0.25) is 11.8 Å². The predicted octanol–water partition coefficient (Wildman–Crippen LogP) is 5.09. The van der Waals surface area contributed by atoms with Gasteiger partial charge in [-0.3, -0.25) is 4.79 Å². The van der Waals surface area contributed by atoms with Crippen LogP contribution in [-0.2, 0) is 6.54 Å². The van der Waals surface area contributed by atoms with Crippen molar-refractivity contribution in [3.8, 4) is 11.5 Å². The van der Waals surface area contributed by atoms with Crippen LogP contribution in [0, 0.1) is 0 Å². The Hall–Kier alpha value is -2.37. The fraction of sp³-hybridized carbons (Fsp3) is 0.211. The highest BCUT2D eigenvalue weighted by molar-refractivity contribution is 6.30. The van der Waals surface area contributed by atoms with Crippen molar-refractivity contribution >= 4 is 29.1 Å². The summed E-state index contributed by atoms with van der Waals surface area (Å²) in [4.78, 5) is 14.5. The van der Waals surface area contributed by atoms with Gasteiger partial charge in [-0.05, 0) is 62.4 Å². The molecular weight excluding hydrogens is 373 g/mol. The van der Waals surface area contributed by atoms with E-state index in [0.29, 0.717) is 27.4 Å². The molecule has 0 spiro atoms. The van der Waals surface area contributed by atoms with Crippen LogP contribution in [0.15, 0.2) is 52.9 Å². The maximum atomic E-state index is 12.8. The van der Waals surface area contributed by atoms with Gasteiger partial charge in [-0.1, -0.05) is 23.2 Å². The summed E-state index contributed by atoms with van der Waals surface area (Å²) in [7, 11) is 0. The zero-order valence-corrected chi connectivity index (χ0v) is 15.8. The second-order valence-electron chi connectivity index (χ2n) is 6.04. The Morgan fingerprint density at radius 2 is 1.58 bits per heavy atom. The molecule has 2 aromatic carbocycles. The zero-order chi connectivity index (χ0) is 18.7. The minimum atomic E-state index is -0.122. The normalized spacial score (nSPS) is 11.0. The van der Waals surface area contributed by atoms with Crippen molar-refractivity contribution in [1.82, 2.24) is 15.1 Å². The number of amides is 1. The van der Waals surface area contributed by atoms with Gasteiger partial charge in [0, 0.05) is 27.2 Å². The molecule has 1 heterocycles. The first-order valence-corrected chi connectivity index (χ1v) is 8.84. The topological polar surface area (TPSA) is 59.2 Å². The lowest BCUT2D eigenvalue weighted by atomic mass is 10.1. The van der Waals surface area contributed by atoms with Crippen LogP contribution in [-0.4, -0.2) is 27.0 Å². The Bertz CT molecular complexity index is 890. The first kappa shape index (κ1) is 18.4. The second kappa shape index (κ2) is 7.89. The van der Waals surface area contributed by atoms with Crippen LogP contribution in [0.1, 0.15) is 30.1 Å². The van der Waals surface area contributed by atoms with Crippen LogP contribution in [0.2, 0.25) is 10.0 Å². The standard InChI is InChI=1S/C19H17Cl2N3O2/c1-12(2)24(19(25)14-5-9-16(21)10-6-14)11-17-22-23-18(26-17)13-3-7-15(20)8-4-13/h3-10,12H,11H2,1-2H3. The van der Waals surface area contributed by atoms with Crippen LogP contribution >= 0.6 is 23.2 Å². The monoisotopic (exact) mass is 389 g/mol. The third-order valence-corrected chi connectivity index (χ3v) is 4.34. The molecular formula is C19H17Cl2N3O2. The van der Waals surface area contributed by atoms with Crippen molar-refractivity contribution < 1.29 is 9.21 Å². The molecule has 0 fully saturated rings. The number of rotatable bonds is 5. The molecule has 0 N–H and O–H groups in total. The Kier molecular flexibility index (Phi) is 5.59. The summed E-state index contributed by atoms with van der Waals surface area (Å²) in [5, 5.41) is 9.34. The number of nitrogens with zero attached hydrogens (tertiary/aromatic N) is 3. The van der Waals surface area contributed by atoms with Crippen molar-refractivity contribution in [3.63, 3.8) is 0 Å². The molecule has 1 amide bonds. The van der Waals surface area contributed by atoms with E-state index in [-0.39, 0.29) is 18.5 Å². The summed E-state index contributed by atoms with van der Waals surface area (Å²) in [6.07, 6.45) is 0. The summed E-state index contributed by atoms with van der Waals surface area (Å²) in [5.41, 5.74) is 1.33. The Morgan fingerprint density at radius 1 is 1.00 bits per heavy atom. The molecule has 0 saturated carbocycles. The van der Waals surface area contributed by atoms with E-state index in [9.17, 15) is 4.79 Å². The SMILES string of the molecule is CC(C)N(Cc1nnc(-c2ccc(Cl)cc2)o1)C(=O)c1ccc(Cl)cc1. The third kappa shape index (κ3) is 4.23. The Labute approximate surface area is 161 Å². The molecule has 0 saturated heterocycles. The average molecular weight is 390 g/mol. The van der Waals surface area contributed by atoms with Gasteiger partial charge in [0.1, 0.15) is 0 Å². The van der Waals surface area contributed by atoms with E-state index in [1.165, 1.54) is 0 Å². The van der Waals surface area contributed by atoms with Crippen molar-refractivity contribution in [2.24, 2.45) is 0 Å². The molecule has 0 atom stereocenters. The Morgan fingerprint density at radius 3 is 2.15 bits per heavy atom. The average Bonchev–Trinajstić information content (AvgIpc) is 3.09. The number of halogens is 2. The van der Waals surface area contributed by atoms with Crippen molar-refractivity contribution in [2.45, 2.75) is 26.4 Å². The minimum absolute atomic E-state index is 0.0379. The van der Waals surface area contributed by atoms with Gasteiger partial charge in [-0.25, -0.2) is 0 Å². The molecule has 1 aromatic heterocycles. The Balaban J connectivity index is 1.79. The molecule has 3 rings (SSSR count). The summed E-state index contributed by atoms with van der Waals surface area (Å²) >= 11 is 11.8. The van der Waals surface area contributed by atoms with Crippen LogP contribution in [0.5, 0.6) is 0 Å². The third-order valence-electron chi connectivity index (χ3n) is 3.84. The van der Waals surface area contributed by atoms with E-state index in [1.54, 1.807) is 53.4 Å². The molecule has 0 aliphatic heterocycles. The number of hydrogen-bond acceptors (Lipinski definition) is 4. The predicted molar refractivity (Wildman–Crippen MR) is 101 cm³/mol. The van der Waals surface area contributed by atoms with Gasteiger partial charge in [0.25, 0.3) is 5.91 Å². The molecule has 134 valence electrons. The van der Waals surface area contributed by atoms with Gasteiger partial charge in [-0.2, -0.15) is 0 Å². The highest BCUT2D eigenvalue weighted by Crippen LogP contribution is 2.21. The quantitative estimate of drug-likeness (QED) is 0.609. The lowest BCUT2D eigenvalue weighted by molar-refractivity contribution is 0.0672. The number of hydrogen-bond donors (Lipinski definition) is 0. The molecule has 3 aromatic rings. The first-order valence-electron chi connectivity index (χ1n) is 8.09. The van der Waals surface area contributed by atoms with E-state index in [2.05, 4.69) is 10.2 Å². The molecule has 0 aliphatic rings. The van der Waals surface area contributed by atoms with E-state index in [1.807, 2.05) is 13.8 Å².